The molecule has 0 aliphatic carbocycles. The van der Waals surface area contributed by atoms with Crippen LogP contribution in [0.5, 0.6) is 11.5 Å². The molecule has 2 aromatic carbocycles. The zero-order chi connectivity index (χ0) is 18.9. The van der Waals surface area contributed by atoms with Crippen LogP contribution in [0.1, 0.15) is 12.5 Å². The Balaban J connectivity index is 1.89. The van der Waals surface area contributed by atoms with Gasteiger partial charge in [-0.15, -0.1) is 0 Å². The lowest BCUT2D eigenvalue weighted by Crippen LogP contribution is -2.25. The number of nitrogens with one attached hydrogen (secondary N) is 2. The average molecular weight is 420 g/mol. The van der Waals surface area contributed by atoms with E-state index in [2.05, 4.69) is 31.8 Å². The highest BCUT2D eigenvalue weighted by molar-refractivity contribution is 9.10. The van der Waals surface area contributed by atoms with Gasteiger partial charge in [0.1, 0.15) is 0 Å². The third-order valence-corrected chi connectivity index (χ3v) is 3.62. The summed E-state index contributed by atoms with van der Waals surface area (Å²) in [5, 5.41) is 6.89. The van der Waals surface area contributed by atoms with Crippen molar-refractivity contribution in [2.45, 2.75) is 6.92 Å². The summed E-state index contributed by atoms with van der Waals surface area (Å²) in [5.74, 6) is -0.00847. The van der Waals surface area contributed by atoms with Crippen molar-refractivity contribution in [3.8, 4) is 11.5 Å². The number of carbonyl (C=O) groups is 2. The number of hydrogen-bond donors (Lipinski definition) is 2. The number of anilines is 1. The summed E-state index contributed by atoms with van der Waals surface area (Å²) in [7, 11) is 1.47. The van der Waals surface area contributed by atoms with Crippen molar-refractivity contribution in [1.82, 2.24) is 5.43 Å². The number of rotatable bonds is 7. The Morgan fingerprint density at radius 1 is 1.19 bits per heavy atom. The van der Waals surface area contributed by atoms with Gasteiger partial charge in [-0.05, 0) is 42.0 Å². The second-order valence-corrected chi connectivity index (χ2v) is 6.08. The molecule has 0 spiro atoms. The van der Waals surface area contributed by atoms with E-state index in [4.69, 9.17) is 9.47 Å². The number of methoxy groups -OCH3 is 1. The van der Waals surface area contributed by atoms with Crippen LogP contribution >= 0.6 is 15.9 Å². The first-order chi connectivity index (χ1) is 12.5. The van der Waals surface area contributed by atoms with Crippen molar-refractivity contribution in [3.63, 3.8) is 0 Å². The molecular weight excluding hydrogens is 402 g/mol. The van der Waals surface area contributed by atoms with Gasteiger partial charge in [-0.2, -0.15) is 5.10 Å². The summed E-state index contributed by atoms with van der Waals surface area (Å²) in [6.45, 7) is 1.40. The lowest BCUT2D eigenvalue weighted by molar-refractivity contribution is -0.132. The Morgan fingerprint density at radius 2 is 2.00 bits per heavy atom. The van der Waals surface area contributed by atoms with Crippen molar-refractivity contribution in [2.75, 3.05) is 19.0 Å². The Kier molecular flexibility index (Phi) is 7.16. The normalized spacial score (nSPS) is 10.4. The highest BCUT2D eigenvalue weighted by atomic mass is 79.9. The number of hydrazone groups is 1. The van der Waals surface area contributed by atoms with Crippen molar-refractivity contribution >= 4 is 39.7 Å². The molecule has 0 saturated heterocycles. The molecule has 0 fully saturated rings. The van der Waals surface area contributed by atoms with Gasteiger partial charge in [0.2, 0.25) is 0 Å². The van der Waals surface area contributed by atoms with E-state index in [1.54, 1.807) is 18.2 Å². The maximum absolute atomic E-state index is 11.8. The van der Waals surface area contributed by atoms with Crippen LogP contribution in [-0.4, -0.2) is 31.7 Å². The fraction of sp³-hybridized carbons (Fsp3) is 0.167. The van der Waals surface area contributed by atoms with Crippen LogP contribution in [0.2, 0.25) is 0 Å². The fourth-order valence-corrected chi connectivity index (χ4v) is 2.40. The zero-order valence-electron chi connectivity index (χ0n) is 14.3. The summed E-state index contributed by atoms with van der Waals surface area (Å²) in [5.41, 5.74) is 3.93. The molecule has 1 amide bonds. The summed E-state index contributed by atoms with van der Waals surface area (Å²) >= 11 is 3.36. The zero-order valence-corrected chi connectivity index (χ0v) is 15.9. The van der Waals surface area contributed by atoms with Crippen LogP contribution in [0.4, 0.5) is 5.69 Å². The van der Waals surface area contributed by atoms with Crippen LogP contribution in [0.25, 0.3) is 0 Å². The molecule has 0 radical (unpaired) electrons. The van der Waals surface area contributed by atoms with Crippen LogP contribution < -0.4 is 20.2 Å². The highest BCUT2D eigenvalue weighted by Gasteiger charge is 2.07. The van der Waals surface area contributed by atoms with Crippen LogP contribution in [0, 0.1) is 0 Å². The maximum atomic E-state index is 11.8. The SMILES string of the molecule is COc1cc(C=NNC(=O)CNc2cccc(Br)c2)ccc1OC(C)=O. The van der Waals surface area contributed by atoms with Gasteiger partial charge < -0.3 is 14.8 Å². The first-order valence-electron chi connectivity index (χ1n) is 7.65. The molecule has 136 valence electrons. The second kappa shape index (κ2) is 9.57. The van der Waals surface area contributed by atoms with E-state index in [0.717, 1.165) is 10.2 Å². The molecule has 0 aliphatic rings. The van der Waals surface area contributed by atoms with Gasteiger partial charge in [-0.1, -0.05) is 22.0 Å². The molecule has 0 bridgehead atoms. The molecule has 2 aromatic rings. The van der Waals surface area contributed by atoms with Gasteiger partial charge in [-0.25, -0.2) is 5.43 Å². The van der Waals surface area contributed by atoms with Gasteiger partial charge in [0.25, 0.3) is 5.91 Å². The molecule has 7 nitrogen and oxygen atoms in total. The van der Waals surface area contributed by atoms with Crippen LogP contribution in [0.15, 0.2) is 52.0 Å². The topological polar surface area (TPSA) is 89.0 Å². The summed E-state index contributed by atoms with van der Waals surface area (Å²) < 4.78 is 11.1. The molecule has 2 rings (SSSR count). The minimum Gasteiger partial charge on any atom is -0.493 e. The molecule has 0 atom stereocenters. The number of halogens is 1. The van der Waals surface area contributed by atoms with Crippen LogP contribution in [-0.2, 0) is 9.59 Å². The third-order valence-electron chi connectivity index (χ3n) is 3.12. The van der Waals surface area contributed by atoms with Crippen molar-refractivity contribution < 1.29 is 19.1 Å². The van der Waals surface area contributed by atoms with Gasteiger partial charge in [-0.3, -0.25) is 9.59 Å². The largest absolute Gasteiger partial charge is 0.493 e. The number of benzene rings is 2. The number of hydrogen-bond acceptors (Lipinski definition) is 6. The number of nitrogens with zero attached hydrogens (tertiary/aromatic N) is 1. The monoisotopic (exact) mass is 419 g/mol. The standard InChI is InChI=1S/C18H18BrN3O4/c1-12(23)26-16-7-6-13(8-17(16)25-2)10-21-22-18(24)11-20-15-5-3-4-14(19)9-15/h3-10,20H,11H2,1-2H3,(H,22,24). The minimum atomic E-state index is -0.435. The number of amides is 1. The van der Waals surface area contributed by atoms with Crippen molar-refractivity contribution in [3.05, 3.63) is 52.5 Å². The molecule has 0 aliphatic heterocycles. The van der Waals surface area contributed by atoms with Gasteiger partial charge in [0, 0.05) is 17.1 Å². The predicted molar refractivity (Wildman–Crippen MR) is 103 cm³/mol. The van der Waals surface area contributed by atoms with Gasteiger partial charge in [0.15, 0.2) is 11.5 Å². The second-order valence-electron chi connectivity index (χ2n) is 5.16. The average Bonchev–Trinajstić information content (AvgIpc) is 2.61. The maximum Gasteiger partial charge on any atom is 0.308 e. The molecule has 0 unspecified atom stereocenters. The molecule has 0 heterocycles. The van der Waals surface area contributed by atoms with E-state index >= 15 is 0 Å². The van der Waals surface area contributed by atoms with Gasteiger partial charge in [0.05, 0.1) is 19.9 Å². The molecule has 0 aromatic heterocycles. The Labute approximate surface area is 159 Å². The van der Waals surface area contributed by atoms with Crippen molar-refractivity contribution in [2.24, 2.45) is 5.10 Å². The number of esters is 1. The van der Waals surface area contributed by atoms with Crippen LogP contribution in [0.3, 0.4) is 0 Å². The van der Waals surface area contributed by atoms with E-state index < -0.39 is 5.97 Å². The lowest BCUT2D eigenvalue weighted by Gasteiger charge is -2.08. The van der Waals surface area contributed by atoms with Crippen molar-refractivity contribution in [1.29, 1.82) is 0 Å². The fourth-order valence-electron chi connectivity index (χ4n) is 2.00. The quantitative estimate of drug-likeness (QED) is 0.311. The molecular formula is C18H18BrN3O4. The third kappa shape index (κ3) is 6.21. The minimum absolute atomic E-state index is 0.0858. The smallest absolute Gasteiger partial charge is 0.308 e. The Bertz CT molecular complexity index is 824. The van der Waals surface area contributed by atoms with E-state index in [-0.39, 0.29) is 12.5 Å². The Hall–Kier alpha value is -2.87. The van der Waals surface area contributed by atoms with E-state index in [9.17, 15) is 9.59 Å². The molecule has 2 N–H and O–H groups in total. The van der Waals surface area contributed by atoms with E-state index in [0.29, 0.717) is 17.1 Å². The summed E-state index contributed by atoms with van der Waals surface area (Å²) in [4.78, 5) is 22.8. The molecule has 0 saturated carbocycles. The molecule has 8 heteroatoms. The number of carbonyl (C=O) groups excluding carboxylic acids is 2. The van der Waals surface area contributed by atoms with E-state index in [1.165, 1.54) is 20.2 Å². The Morgan fingerprint density at radius 3 is 2.69 bits per heavy atom. The molecule has 26 heavy (non-hydrogen) atoms. The predicted octanol–water partition coefficient (Wildman–Crippen LogP) is 2.95. The first kappa shape index (κ1) is 19.5. The first-order valence-corrected chi connectivity index (χ1v) is 8.45. The summed E-state index contributed by atoms with van der Waals surface area (Å²) in [6.07, 6.45) is 1.47. The lowest BCUT2D eigenvalue weighted by atomic mass is 10.2. The number of ether oxygens (including phenoxy) is 2. The highest BCUT2D eigenvalue weighted by Crippen LogP contribution is 2.27. The summed E-state index contributed by atoms with van der Waals surface area (Å²) in [6, 6.07) is 12.4. The van der Waals surface area contributed by atoms with E-state index in [1.807, 2.05) is 24.3 Å². The van der Waals surface area contributed by atoms with Gasteiger partial charge >= 0.3 is 5.97 Å².